The van der Waals surface area contributed by atoms with E-state index in [1.165, 1.54) is 23.4 Å². The zero-order valence-corrected chi connectivity index (χ0v) is 13.1. The van der Waals surface area contributed by atoms with Gasteiger partial charge in [0.15, 0.2) is 0 Å². The first-order chi connectivity index (χ1) is 10.6. The van der Waals surface area contributed by atoms with Crippen LogP contribution in [0.25, 0.3) is 11.1 Å². The number of esters is 1. The van der Waals surface area contributed by atoms with Crippen LogP contribution in [0.2, 0.25) is 0 Å². The number of pyridine rings is 1. The molecule has 1 aliphatic rings. The van der Waals surface area contributed by atoms with Gasteiger partial charge in [0.1, 0.15) is 11.7 Å². The molecule has 1 aromatic heterocycles. The van der Waals surface area contributed by atoms with Gasteiger partial charge >= 0.3 is 5.97 Å². The maximum atomic E-state index is 12.5. The number of methoxy groups -OCH3 is 1. The summed E-state index contributed by atoms with van der Waals surface area (Å²) in [7, 11) is 1.33. The molecule has 114 valence electrons. The Hall–Kier alpha value is -2.21. The second kappa shape index (κ2) is 5.53. The van der Waals surface area contributed by atoms with E-state index in [1.807, 2.05) is 37.3 Å². The summed E-state index contributed by atoms with van der Waals surface area (Å²) in [6.07, 6.45) is 0. The maximum Gasteiger partial charge on any atom is 0.329 e. The molecule has 0 bridgehead atoms. The lowest BCUT2D eigenvalue weighted by molar-refractivity contribution is -0.143. The molecule has 0 aliphatic carbocycles. The minimum absolute atomic E-state index is 0.180. The number of hydrogen-bond acceptors (Lipinski definition) is 5. The molecule has 3 rings (SSSR count). The number of hydrogen-bond donors (Lipinski definition) is 1. The average Bonchev–Trinajstić information content (AvgIpc) is 2.98. The SMILES string of the molecule is COC(=O)C1CSc2c(-c3ccccc3)c(C)c(N)c(=O)n21. The van der Waals surface area contributed by atoms with Gasteiger partial charge < -0.3 is 10.5 Å². The van der Waals surface area contributed by atoms with Crippen LogP contribution in [0.4, 0.5) is 5.69 Å². The summed E-state index contributed by atoms with van der Waals surface area (Å²) in [5.74, 6) is 0.0561. The molecule has 1 aromatic carbocycles. The summed E-state index contributed by atoms with van der Waals surface area (Å²) >= 11 is 1.48. The fourth-order valence-electron chi connectivity index (χ4n) is 2.71. The number of nitrogens with two attached hydrogens (primary N) is 1. The minimum atomic E-state index is -0.622. The summed E-state index contributed by atoms with van der Waals surface area (Å²) in [6.45, 7) is 1.84. The Labute approximate surface area is 132 Å². The van der Waals surface area contributed by atoms with Gasteiger partial charge in [0.25, 0.3) is 5.56 Å². The van der Waals surface area contributed by atoms with Crippen LogP contribution in [0.5, 0.6) is 0 Å². The van der Waals surface area contributed by atoms with Crippen molar-refractivity contribution in [2.75, 3.05) is 18.6 Å². The Morgan fingerprint density at radius 2 is 2.05 bits per heavy atom. The Bertz CT molecular complexity index is 799. The number of rotatable bonds is 2. The maximum absolute atomic E-state index is 12.5. The Morgan fingerprint density at radius 1 is 1.36 bits per heavy atom. The van der Waals surface area contributed by atoms with E-state index in [-0.39, 0.29) is 11.2 Å². The number of nitrogen functional groups attached to an aromatic ring is 1. The zero-order valence-electron chi connectivity index (χ0n) is 12.3. The van der Waals surface area contributed by atoms with Gasteiger partial charge in [-0.2, -0.15) is 0 Å². The van der Waals surface area contributed by atoms with E-state index in [2.05, 4.69) is 0 Å². The standard InChI is InChI=1S/C16H16N2O3S/c1-9-12(10-6-4-3-5-7-10)15-18(14(19)13(9)17)11(8-22-15)16(20)21-2/h3-7,11H,8,17H2,1-2H3. The summed E-state index contributed by atoms with van der Waals surface area (Å²) < 4.78 is 6.28. The zero-order chi connectivity index (χ0) is 15.9. The van der Waals surface area contributed by atoms with Crippen LogP contribution >= 0.6 is 11.8 Å². The van der Waals surface area contributed by atoms with Crippen LogP contribution in [0.15, 0.2) is 40.2 Å². The van der Waals surface area contributed by atoms with Crippen molar-refractivity contribution in [2.24, 2.45) is 0 Å². The van der Waals surface area contributed by atoms with Crippen LogP contribution in [0.1, 0.15) is 11.6 Å². The third kappa shape index (κ3) is 2.11. The van der Waals surface area contributed by atoms with E-state index in [9.17, 15) is 9.59 Å². The number of benzene rings is 1. The van der Waals surface area contributed by atoms with E-state index in [1.54, 1.807) is 0 Å². The summed E-state index contributed by atoms with van der Waals surface area (Å²) in [5.41, 5.74) is 8.50. The molecule has 0 amide bonds. The van der Waals surface area contributed by atoms with E-state index in [0.29, 0.717) is 5.75 Å². The van der Waals surface area contributed by atoms with Gasteiger partial charge in [-0.1, -0.05) is 30.3 Å². The lowest BCUT2D eigenvalue weighted by Crippen LogP contribution is -2.31. The van der Waals surface area contributed by atoms with Crippen molar-refractivity contribution in [3.8, 4) is 11.1 Å². The molecule has 0 fully saturated rings. The van der Waals surface area contributed by atoms with Crippen LogP contribution in [-0.4, -0.2) is 23.4 Å². The molecule has 1 atom stereocenters. The molecule has 0 saturated carbocycles. The molecule has 2 N–H and O–H groups in total. The molecule has 5 nitrogen and oxygen atoms in total. The number of thioether (sulfide) groups is 1. The van der Waals surface area contributed by atoms with Crippen LogP contribution in [-0.2, 0) is 9.53 Å². The van der Waals surface area contributed by atoms with Gasteiger partial charge in [-0.25, -0.2) is 4.79 Å². The quantitative estimate of drug-likeness (QED) is 0.860. The van der Waals surface area contributed by atoms with Crippen molar-refractivity contribution in [3.63, 3.8) is 0 Å². The fourth-order valence-corrected chi connectivity index (χ4v) is 4.07. The lowest BCUT2D eigenvalue weighted by Gasteiger charge is -2.17. The molecular formula is C16H16N2O3S. The van der Waals surface area contributed by atoms with E-state index in [0.717, 1.165) is 21.7 Å². The molecule has 0 radical (unpaired) electrons. The second-order valence-electron chi connectivity index (χ2n) is 5.11. The van der Waals surface area contributed by atoms with Gasteiger partial charge in [-0.3, -0.25) is 9.36 Å². The average molecular weight is 316 g/mol. The fraction of sp³-hybridized carbons (Fsp3) is 0.250. The predicted molar refractivity (Wildman–Crippen MR) is 87.1 cm³/mol. The second-order valence-corrected chi connectivity index (χ2v) is 6.12. The highest BCUT2D eigenvalue weighted by atomic mass is 32.2. The highest BCUT2D eigenvalue weighted by Gasteiger charge is 2.34. The first-order valence-electron chi connectivity index (χ1n) is 6.87. The summed E-state index contributed by atoms with van der Waals surface area (Å²) in [6, 6.07) is 9.12. The van der Waals surface area contributed by atoms with Crippen LogP contribution in [0, 0.1) is 6.92 Å². The van der Waals surface area contributed by atoms with Gasteiger partial charge in [0.2, 0.25) is 0 Å². The minimum Gasteiger partial charge on any atom is -0.467 e. The number of fused-ring (bicyclic) bond motifs is 1. The van der Waals surface area contributed by atoms with Gasteiger partial charge in [0.05, 0.1) is 12.1 Å². The first kappa shape index (κ1) is 14.7. The van der Waals surface area contributed by atoms with E-state index >= 15 is 0 Å². The molecule has 22 heavy (non-hydrogen) atoms. The van der Waals surface area contributed by atoms with Gasteiger partial charge in [-0.15, -0.1) is 11.8 Å². The molecular weight excluding hydrogens is 300 g/mol. The highest BCUT2D eigenvalue weighted by molar-refractivity contribution is 7.99. The smallest absolute Gasteiger partial charge is 0.329 e. The van der Waals surface area contributed by atoms with Crippen molar-refractivity contribution >= 4 is 23.4 Å². The number of aromatic nitrogens is 1. The van der Waals surface area contributed by atoms with E-state index < -0.39 is 12.0 Å². The number of nitrogens with zero attached hydrogens (tertiary/aromatic N) is 1. The third-order valence-electron chi connectivity index (χ3n) is 3.89. The van der Waals surface area contributed by atoms with Crippen LogP contribution in [0.3, 0.4) is 0 Å². The molecule has 2 aromatic rings. The molecule has 1 unspecified atom stereocenters. The number of anilines is 1. The molecule has 1 aliphatic heterocycles. The molecule has 0 saturated heterocycles. The molecule has 0 spiro atoms. The normalized spacial score (nSPS) is 16.4. The number of carbonyl (C=O) groups excluding carboxylic acids is 1. The van der Waals surface area contributed by atoms with Crippen molar-refractivity contribution in [3.05, 3.63) is 46.2 Å². The lowest BCUT2D eigenvalue weighted by atomic mass is 10.0. The molecule has 2 heterocycles. The van der Waals surface area contributed by atoms with Crippen LogP contribution < -0.4 is 11.3 Å². The van der Waals surface area contributed by atoms with E-state index in [4.69, 9.17) is 10.5 Å². The predicted octanol–water partition coefficient (Wildman–Crippen LogP) is 2.23. The van der Waals surface area contributed by atoms with Crippen molar-refractivity contribution in [1.29, 1.82) is 0 Å². The Balaban J connectivity index is 2.31. The van der Waals surface area contributed by atoms with Crippen molar-refractivity contribution < 1.29 is 9.53 Å². The third-order valence-corrected chi connectivity index (χ3v) is 5.04. The van der Waals surface area contributed by atoms with Crippen molar-refractivity contribution in [2.45, 2.75) is 18.0 Å². The number of carbonyl (C=O) groups is 1. The van der Waals surface area contributed by atoms with Crippen molar-refractivity contribution in [1.82, 2.24) is 4.57 Å². The van der Waals surface area contributed by atoms with Gasteiger partial charge in [-0.05, 0) is 18.1 Å². The Kier molecular flexibility index (Phi) is 3.70. The monoisotopic (exact) mass is 316 g/mol. The molecule has 6 heteroatoms. The number of ether oxygens (including phenoxy) is 1. The van der Waals surface area contributed by atoms with Gasteiger partial charge in [0, 0.05) is 11.3 Å². The largest absolute Gasteiger partial charge is 0.467 e. The highest BCUT2D eigenvalue weighted by Crippen LogP contribution is 2.42. The summed E-state index contributed by atoms with van der Waals surface area (Å²) in [5, 5.41) is 0.776. The summed E-state index contributed by atoms with van der Waals surface area (Å²) in [4.78, 5) is 24.4. The topological polar surface area (TPSA) is 74.3 Å². The Morgan fingerprint density at radius 3 is 2.68 bits per heavy atom. The first-order valence-corrected chi connectivity index (χ1v) is 7.85.